The van der Waals surface area contributed by atoms with E-state index in [9.17, 15) is 4.79 Å². The molecule has 1 aromatic rings. The van der Waals surface area contributed by atoms with Gasteiger partial charge in [-0.05, 0) is 36.8 Å². The molecule has 1 aliphatic heterocycles. The number of nitrogens with two attached hydrogens (primary N) is 1. The SMILES string of the molecule is COc1ccc(NC(=O)C2CCCS2)cc1N.Cl. The van der Waals surface area contributed by atoms with Gasteiger partial charge in [0.25, 0.3) is 0 Å². The third-order valence-electron chi connectivity index (χ3n) is 2.72. The van der Waals surface area contributed by atoms with Crippen molar-refractivity contribution in [3.05, 3.63) is 18.2 Å². The molecule has 1 aromatic carbocycles. The Labute approximate surface area is 117 Å². The molecule has 1 amide bonds. The van der Waals surface area contributed by atoms with Gasteiger partial charge in [0.1, 0.15) is 5.75 Å². The number of thioether (sulfide) groups is 1. The van der Waals surface area contributed by atoms with E-state index in [4.69, 9.17) is 10.5 Å². The lowest BCUT2D eigenvalue weighted by Gasteiger charge is -2.11. The molecule has 1 atom stereocenters. The molecule has 18 heavy (non-hydrogen) atoms. The molecule has 0 aliphatic carbocycles. The summed E-state index contributed by atoms with van der Waals surface area (Å²) in [5.74, 6) is 1.76. The highest BCUT2D eigenvalue weighted by atomic mass is 35.5. The van der Waals surface area contributed by atoms with Gasteiger partial charge in [-0.1, -0.05) is 0 Å². The minimum absolute atomic E-state index is 0. The molecular formula is C12H17ClN2O2S. The summed E-state index contributed by atoms with van der Waals surface area (Å²) in [6, 6.07) is 5.27. The van der Waals surface area contributed by atoms with E-state index in [0.29, 0.717) is 11.4 Å². The lowest BCUT2D eigenvalue weighted by Crippen LogP contribution is -2.22. The number of carbonyl (C=O) groups is 1. The maximum Gasteiger partial charge on any atom is 0.237 e. The molecule has 2 rings (SSSR count). The van der Waals surface area contributed by atoms with Crippen LogP contribution in [-0.4, -0.2) is 24.0 Å². The number of ether oxygens (including phenoxy) is 1. The van der Waals surface area contributed by atoms with E-state index in [0.717, 1.165) is 24.3 Å². The molecule has 1 unspecified atom stereocenters. The molecule has 1 heterocycles. The van der Waals surface area contributed by atoms with Gasteiger partial charge in [-0.3, -0.25) is 4.79 Å². The Balaban J connectivity index is 0.00000162. The summed E-state index contributed by atoms with van der Waals surface area (Å²) in [5.41, 5.74) is 7.03. The van der Waals surface area contributed by atoms with Crippen LogP contribution in [0.5, 0.6) is 5.75 Å². The van der Waals surface area contributed by atoms with Crippen LogP contribution in [0.4, 0.5) is 11.4 Å². The lowest BCUT2D eigenvalue weighted by molar-refractivity contribution is -0.115. The number of nitrogen functional groups attached to an aromatic ring is 1. The van der Waals surface area contributed by atoms with Crippen molar-refractivity contribution in [1.29, 1.82) is 0 Å². The van der Waals surface area contributed by atoms with E-state index in [2.05, 4.69) is 5.32 Å². The van der Waals surface area contributed by atoms with Gasteiger partial charge in [0.15, 0.2) is 0 Å². The van der Waals surface area contributed by atoms with Crippen molar-refractivity contribution in [1.82, 2.24) is 0 Å². The predicted molar refractivity (Wildman–Crippen MR) is 78.8 cm³/mol. The fourth-order valence-electron chi connectivity index (χ4n) is 1.82. The van der Waals surface area contributed by atoms with Crippen molar-refractivity contribution in [2.24, 2.45) is 0 Å². The third kappa shape index (κ3) is 3.46. The van der Waals surface area contributed by atoms with Crippen LogP contribution in [0, 0.1) is 0 Å². The van der Waals surface area contributed by atoms with Crippen LogP contribution in [-0.2, 0) is 4.79 Å². The van der Waals surface area contributed by atoms with Crippen LogP contribution in [0.3, 0.4) is 0 Å². The Morgan fingerprint density at radius 1 is 1.56 bits per heavy atom. The summed E-state index contributed by atoms with van der Waals surface area (Å²) >= 11 is 1.71. The number of halogens is 1. The van der Waals surface area contributed by atoms with E-state index in [1.54, 1.807) is 37.1 Å². The first-order chi connectivity index (χ1) is 8.20. The second-order valence-corrected chi connectivity index (χ2v) is 5.26. The Bertz CT molecular complexity index is 423. The zero-order valence-electron chi connectivity index (χ0n) is 10.1. The first-order valence-electron chi connectivity index (χ1n) is 5.56. The molecule has 3 N–H and O–H groups in total. The molecule has 100 valence electrons. The smallest absolute Gasteiger partial charge is 0.237 e. The van der Waals surface area contributed by atoms with Gasteiger partial charge in [0.05, 0.1) is 18.0 Å². The van der Waals surface area contributed by atoms with Gasteiger partial charge >= 0.3 is 0 Å². The van der Waals surface area contributed by atoms with Gasteiger partial charge < -0.3 is 15.8 Å². The normalized spacial score (nSPS) is 17.9. The van der Waals surface area contributed by atoms with Crippen molar-refractivity contribution < 1.29 is 9.53 Å². The number of benzene rings is 1. The van der Waals surface area contributed by atoms with Crippen molar-refractivity contribution in [2.45, 2.75) is 18.1 Å². The maximum absolute atomic E-state index is 11.9. The summed E-state index contributed by atoms with van der Waals surface area (Å²) in [6.45, 7) is 0. The average Bonchev–Trinajstić information content (AvgIpc) is 2.82. The molecular weight excluding hydrogens is 272 g/mol. The highest BCUT2D eigenvalue weighted by Gasteiger charge is 2.23. The molecule has 0 saturated carbocycles. The van der Waals surface area contributed by atoms with Crippen molar-refractivity contribution in [3.63, 3.8) is 0 Å². The second-order valence-electron chi connectivity index (χ2n) is 3.95. The molecule has 0 bridgehead atoms. The highest BCUT2D eigenvalue weighted by Crippen LogP contribution is 2.28. The Kier molecular flexibility index (Phi) is 5.62. The van der Waals surface area contributed by atoms with Crippen molar-refractivity contribution in [3.8, 4) is 5.75 Å². The van der Waals surface area contributed by atoms with E-state index in [1.165, 1.54) is 0 Å². The standard InChI is InChI=1S/C12H16N2O2S.ClH/c1-16-10-5-4-8(7-9(10)13)14-12(15)11-3-2-6-17-11;/h4-5,7,11H,2-3,6,13H2,1H3,(H,14,15);1H. The number of amides is 1. The lowest BCUT2D eigenvalue weighted by atomic mass is 10.2. The van der Waals surface area contributed by atoms with Gasteiger partial charge in [-0.2, -0.15) is 0 Å². The Morgan fingerprint density at radius 3 is 2.89 bits per heavy atom. The Hall–Kier alpha value is -1.07. The van der Waals surface area contributed by atoms with Crippen molar-refractivity contribution >= 4 is 41.5 Å². The molecule has 4 nitrogen and oxygen atoms in total. The van der Waals surface area contributed by atoms with Crippen LogP contribution < -0.4 is 15.8 Å². The van der Waals surface area contributed by atoms with E-state index >= 15 is 0 Å². The first kappa shape index (κ1) is 15.0. The molecule has 1 saturated heterocycles. The van der Waals surface area contributed by atoms with E-state index in [1.807, 2.05) is 0 Å². The Morgan fingerprint density at radius 2 is 2.33 bits per heavy atom. The second kappa shape index (κ2) is 6.75. The fraction of sp³-hybridized carbons (Fsp3) is 0.417. The number of methoxy groups -OCH3 is 1. The number of anilines is 2. The average molecular weight is 289 g/mol. The number of hydrogen-bond acceptors (Lipinski definition) is 4. The predicted octanol–water partition coefficient (Wildman–Crippen LogP) is 2.53. The molecule has 0 aromatic heterocycles. The number of hydrogen-bond donors (Lipinski definition) is 2. The fourth-order valence-corrected chi connectivity index (χ4v) is 2.98. The summed E-state index contributed by atoms with van der Waals surface area (Å²) in [7, 11) is 1.57. The third-order valence-corrected chi connectivity index (χ3v) is 4.10. The van der Waals surface area contributed by atoms with Gasteiger partial charge in [0.2, 0.25) is 5.91 Å². The summed E-state index contributed by atoms with van der Waals surface area (Å²) in [5, 5.41) is 2.96. The molecule has 0 radical (unpaired) electrons. The number of carbonyl (C=O) groups excluding carboxylic acids is 1. The van der Waals surface area contributed by atoms with Crippen LogP contribution in [0.15, 0.2) is 18.2 Å². The van der Waals surface area contributed by atoms with Gasteiger partial charge in [0, 0.05) is 5.69 Å². The van der Waals surface area contributed by atoms with E-state index in [-0.39, 0.29) is 23.6 Å². The molecule has 0 spiro atoms. The minimum Gasteiger partial charge on any atom is -0.495 e. The number of nitrogens with one attached hydrogen (secondary N) is 1. The largest absolute Gasteiger partial charge is 0.495 e. The maximum atomic E-state index is 11.9. The minimum atomic E-state index is 0. The van der Waals surface area contributed by atoms with Crippen LogP contribution >= 0.6 is 24.2 Å². The monoisotopic (exact) mass is 288 g/mol. The zero-order chi connectivity index (χ0) is 12.3. The molecule has 1 fully saturated rings. The van der Waals surface area contributed by atoms with Gasteiger partial charge in [-0.15, -0.1) is 24.2 Å². The molecule has 6 heteroatoms. The summed E-state index contributed by atoms with van der Waals surface area (Å²) in [6.07, 6.45) is 2.08. The molecule has 1 aliphatic rings. The number of rotatable bonds is 3. The quantitative estimate of drug-likeness (QED) is 0.839. The van der Waals surface area contributed by atoms with Crippen molar-refractivity contribution in [2.75, 3.05) is 23.9 Å². The van der Waals surface area contributed by atoms with E-state index < -0.39 is 0 Å². The van der Waals surface area contributed by atoms with Crippen LogP contribution in [0.2, 0.25) is 0 Å². The highest BCUT2D eigenvalue weighted by molar-refractivity contribution is 8.00. The van der Waals surface area contributed by atoms with Crippen LogP contribution in [0.25, 0.3) is 0 Å². The summed E-state index contributed by atoms with van der Waals surface area (Å²) in [4.78, 5) is 11.9. The van der Waals surface area contributed by atoms with Gasteiger partial charge in [-0.25, -0.2) is 0 Å². The first-order valence-corrected chi connectivity index (χ1v) is 6.61. The summed E-state index contributed by atoms with van der Waals surface area (Å²) < 4.78 is 5.06. The topological polar surface area (TPSA) is 64.3 Å². The van der Waals surface area contributed by atoms with Crippen LogP contribution in [0.1, 0.15) is 12.8 Å². The zero-order valence-corrected chi connectivity index (χ0v) is 11.8.